The third-order valence-corrected chi connectivity index (χ3v) is 5.33. The minimum atomic E-state index is -0.264. The van der Waals surface area contributed by atoms with Gasteiger partial charge < -0.3 is 20.1 Å². The van der Waals surface area contributed by atoms with Crippen LogP contribution in [0.25, 0.3) is 5.69 Å². The lowest BCUT2D eigenvalue weighted by molar-refractivity contribution is 0.206. The van der Waals surface area contributed by atoms with E-state index in [2.05, 4.69) is 39.4 Å². The number of benzene rings is 1. The molecule has 2 N–H and O–H groups in total. The second-order valence-corrected chi connectivity index (χ2v) is 7.59. The first kappa shape index (κ1) is 24.6. The number of aromatic nitrogens is 2. The number of aryl methyl sites for hydroxylation is 1. The molecule has 30 heavy (non-hydrogen) atoms. The van der Waals surface area contributed by atoms with E-state index in [1.807, 2.05) is 13.0 Å². The summed E-state index contributed by atoms with van der Waals surface area (Å²) in [6, 6.07) is 5.71. The highest BCUT2D eigenvalue weighted by Gasteiger charge is 2.19. The van der Waals surface area contributed by atoms with Crippen molar-refractivity contribution in [3.63, 3.8) is 0 Å². The topological polar surface area (TPSA) is 57.5 Å². The fourth-order valence-electron chi connectivity index (χ4n) is 3.78. The number of rotatable bonds is 7. The Balaban J connectivity index is 0.00000320. The van der Waals surface area contributed by atoms with Crippen molar-refractivity contribution in [1.29, 1.82) is 0 Å². The van der Waals surface area contributed by atoms with E-state index in [0.29, 0.717) is 18.3 Å². The first-order chi connectivity index (χ1) is 14.1. The second-order valence-electron chi connectivity index (χ2n) is 7.59. The lowest BCUT2D eigenvalue weighted by Crippen LogP contribution is -2.48. The van der Waals surface area contributed by atoms with Crippen LogP contribution in [0.1, 0.15) is 44.5 Å². The Bertz CT molecular complexity index is 814. The van der Waals surface area contributed by atoms with E-state index in [0.717, 1.165) is 49.8 Å². The summed E-state index contributed by atoms with van der Waals surface area (Å²) in [7, 11) is 0. The van der Waals surface area contributed by atoms with E-state index < -0.39 is 0 Å². The van der Waals surface area contributed by atoms with Crippen LogP contribution in [0.2, 0.25) is 0 Å². The molecule has 0 saturated carbocycles. The van der Waals surface area contributed by atoms with Crippen molar-refractivity contribution in [3.8, 4) is 5.69 Å². The zero-order valence-corrected chi connectivity index (χ0v) is 20.5. The summed E-state index contributed by atoms with van der Waals surface area (Å²) in [6.45, 7) is 10.8. The molecule has 1 aliphatic heterocycles. The van der Waals surface area contributed by atoms with Gasteiger partial charge in [-0.1, -0.05) is 13.0 Å². The Labute approximate surface area is 196 Å². The minimum Gasteiger partial charge on any atom is -0.357 e. The average molecular weight is 528 g/mol. The maximum atomic E-state index is 14.6. The fraction of sp³-hybridized carbons (Fsp3) is 0.545. The number of hydrogen-bond acceptors (Lipinski definition) is 3. The van der Waals surface area contributed by atoms with Crippen LogP contribution in [-0.4, -0.2) is 52.6 Å². The van der Waals surface area contributed by atoms with Gasteiger partial charge in [0, 0.05) is 38.1 Å². The van der Waals surface area contributed by atoms with Gasteiger partial charge in [0.05, 0.1) is 12.2 Å². The highest BCUT2D eigenvalue weighted by atomic mass is 127. The van der Waals surface area contributed by atoms with Gasteiger partial charge in [-0.15, -0.1) is 24.0 Å². The van der Waals surface area contributed by atoms with Gasteiger partial charge in [-0.05, 0) is 57.4 Å². The second kappa shape index (κ2) is 12.2. The standard InChI is InChI=1S/C22H33FN6.HI/c1-4-11-28-12-8-19(9-13-28)27-22(24-5-2)26-16-18-6-7-21(20(23)15-18)29-14-10-25-17(29)3;/h6-7,10,14-15,19H,4-5,8-9,11-13,16H2,1-3H3,(H2,24,26,27);1H. The highest BCUT2D eigenvalue weighted by Crippen LogP contribution is 2.17. The van der Waals surface area contributed by atoms with E-state index in [-0.39, 0.29) is 29.8 Å². The quantitative estimate of drug-likeness (QED) is 0.326. The summed E-state index contributed by atoms with van der Waals surface area (Å²) in [5.41, 5.74) is 1.36. The molecule has 8 heteroatoms. The van der Waals surface area contributed by atoms with Crippen LogP contribution in [0.3, 0.4) is 0 Å². The molecule has 1 aliphatic rings. The van der Waals surface area contributed by atoms with Crippen molar-refractivity contribution >= 4 is 29.9 Å². The Morgan fingerprint density at radius 1 is 1.27 bits per heavy atom. The predicted octanol–water partition coefficient (Wildman–Crippen LogP) is 3.87. The Hall–Kier alpha value is -1.68. The normalized spacial score (nSPS) is 15.7. The van der Waals surface area contributed by atoms with Crippen LogP contribution in [0, 0.1) is 12.7 Å². The lowest BCUT2D eigenvalue weighted by Gasteiger charge is -2.32. The van der Waals surface area contributed by atoms with E-state index in [1.54, 1.807) is 29.1 Å². The SMILES string of the molecule is CCCN1CCC(NC(=NCc2ccc(-n3ccnc3C)c(F)c2)NCC)CC1.I. The zero-order chi connectivity index (χ0) is 20.6. The average Bonchev–Trinajstić information content (AvgIpc) is 3.14. The molecule has 0 atom stereocenters. The van der Waals surface area contributed by atoms with Gasteiger partial charge in [0.25, 0.3) is 0 Å². The molecular formula is C22H34FIN6. The Morgan fingerprint density at radius 2 is 2.03 bits per heavy atom. The highest BCUT2D eigenvalue weighted by molar-refractivity contribution is 14.0. The molecule has 0 spiro atoms. The molecule has 6 nitrogen and oxygen atoms in total. The van der Waals surface area contributed by atoms with Crippen LogP contribution >= 0.6 is 24.0 Å². The van der Waals surface area contributed by atoms with Crippen LogP contribution < -0.4 is 10.6 Å². The Kier molecular flexibility index (Phi) is 10.0. The molecule has 0 amide bonds. The van der Waals surface area contributed by atoms with E-state index in [9.17, 15) is 4.39 Å². The number of aliphatic imine (C=N–C) groups is 1. The van der Waals surface area contributed by atoms with Gasteiger partial charge in [-0.2, -0.15) is 0 Å². The molecule has 1 saturated heterocycles. The van der Waals surface area contributed by atoms with Crippen molar-refractivity contribution in [2.75, 3.05) is 26.2 Å². The van der Waals surface area contributed by atoms with Gasteiger partial charge in [0.15, 0.2) is 5.96 Å². The molecular weight excluding hydrogens is 494 g/mol. The molecule has 1 aromatic heterocycles. The molecule has 2 aromatic rings. The molecule has 0 bridgehead atoms. The van der Waals surface area contributed by atoms with Crippen LogP contribution in [-0.2, 0) is 6.54 Å². The van der Waals surface area contributed by atoms with Crippen LogP contribution in [0.15, 0.2) is 35.6 Å². The van der Waals surface area contributed by atoms with E-state index >= 15 is 0 Å². The van der Waals surface area contributed by atoms with Gasteiger partial charge in [-0.25, -0.2) is 14.4 Å². The molecule has 0 radical (unpaired) electrons. The van der Waals surface area contributed by atoms with Crippen LogP contribution in [0.4, 0.5) is 4.39 Å². The van der Waals surface area contributed by atoms with E-state index in [4.69, 9.17) is 0 Å². The molecule has 1 fully saturated rings. The Morgan fingerprint density at radius 3 is 2.63 bits per heavy atom. The predicted molar refractivity (Wildman–Crippen MR) is 131 cm³/mol. The largest absolute Gasteiger partial charge is 0.357 e. The molecule has 166 valence electrons. The maximum absolute atomic E-state index is 14.6. The molecule has 1 aromatic carbocycles. The number of nitrogens with one attached hydrogen (secondary N) is 2. The van der Waals surface area contributed by atoms with Gasteiger partial charge in [0.1, 0.15) is 11.6 Å². The maximum Gasteiger partial charge on any atom is 0.191 e. The summed E-state index contributed by atoms with van der Waals surface area (Å²) in [6.07, 6.45) is 6.90. The van der Waals surface area contributed by atoms with Crippen molar-refractivity contribution in [2.24, 2.45) is 4.99 Å². The number of nitrogens with zero attached hydrogens (tertiary/aromatic N) is 4. The molecule has 0 unspecified atom stereocenters. The van der Waals surface area contributed by atoms with Crippen molar-refractivity contribution in [3.05, 3.63) is 47.8 Å². The van der Waals surface area contributed by atoms with Gasteiger partial charge >= 0.3 is 0 Å². The van der Waals surface area contributed by atoms with E-state index in [1.165, 1.54) is 13.0 Å². The molecule has 2 heterocycles. The summed E-state index contributed by atoms with van der Waals surface area (Å²) < 4.78 is 16.4. The van der Waals surface area contributed by atoms with Crippen molar-refractivity contribution in [2.45, 2.75) is 52.6 Å². The summed E-state index contributed by atoms with van der Waals surface area (Å²) in [5, 5.41) is 6.86. The zero-order valence-electron chi connectivity index (χ0n) is 18.2. The number of guanidine groups is 1. The van der Waals surface area contributed by atoms with Crippen LogP contribution in [0.5, 0.6) is 0 Å². The number of likely N-dealkylation sites (tertiary alicyclic amines) is 1. The summed E-state index contributed by atoms with van der Waals surface area (Å²) >= 11 is 0. The number of halogens is 2. The lowest BCUT2D eigenvalue weighted by atomic mass is 10.1. The third kappa shape index (κ3) is 6.66. The minimum absolute atomic E-state index is 0. The van der Waals surface area contributed by atoms with Gasteiger partial charge in [0.2, 0.25) is 0 Å². The fourth-order valence-corrected chi connectivity index (χ4v) is 3.78. The number of imidazole rings is 1. The molecule has 0 aliphatic carbocycles. The molecule has 3 rings (SSSR count). The smallest absolute Gasteiger partial charge is 0.191 e. The van der Waals surface area contributed by atoms with Crippen molar-refractivity contribution < 1.29 is 4.39 Å². The first-order valence-corrected chi connectivity index (χ1v) is 10.7. The summed E-state index contributed by atoms with van der Waals surface area (Å²) in [5.74, 6) is 1.30. The van der Waals surface area contributed by atoms with Crippen molar-refractivity contribution in [1.82, 2.24) is 25.1 Å². The number of hydrogen-bond donors (Lipinski definition) is 2. The summed E-state index contributed by atoms with van der Waals surface area (Å²) in [4.78, 5) is 11.4. The third-order valence-electron chi connectivity index (χ3n) is 5.33. The van der Waals surface area contributed by atoms with Gasteiger partial charge in [-0.3, -0.25) is 0 Å². The number of piperidine rings is 1. The first-order valence-electron chi connectivity index (χ1n) is 10.7. The monoisotopic (exact) mass is 528 g/mol.